The fourth-order valence-electron chi connectivity index (χ4n) is 2.70. The van der Waals surface area contributed by atoms with Gasteiger partial charge in [-0.1, -0.05) is 36.9 Å². The van der Waals surface area contributed by atoms with Crippen LogP contribution < -0.4 is 9.79 Å². The monoisotopic (exact) mass is 342 g/mol. The topological polar surface area (TPSA) is 69.6 Å². The highest BCUT2D eigenvalue weighted by atomic mass is 32.2. The number of hydroxylamine groups is 1. The van der Waals surface area contributed by atoms with E-state index >= 15 is 0 Å². The average molecular weight is 342 g/mol. The Hall–Kier alpha value is -2.57. The maximum Gasteiger partial charge on any atom is 0.264 e. The van der Waals surface area contributed by atoms with Crippen LogP contribution in [0, 0.1) is 0 Å². The summed E-state index contributed by atoms with van der Waals surface area (Å²) in [6.45, 7) is 4.04. The van der Waals surface area contributed by atoms with Crippen molar-refractivity contribution in [1.82, 2.24) is 5.48 Å². The fraction of sp³-hybridized carbons (Fsp3) is 0.111. The number of nitrogens with one attached hydrogen (secondary N) is 1. The molecule has 0 saturated heterocycles. The number of nitrogens with zero attached hydrogens (tertiary/aromatic N) is 1. The molecular weight excluding hydrogens is 324 g/mol. The third-order valence-electron chi connectivity index (χ3n) is 3.91. The predicted molar refractivity (Wildman–Crippen MR) is 94.2 cm³/mol. The molecule has 6 heteroatoms. The number of hydrogen-bond donors (Lipinski definition) is 2. The van der Waals surface area contributed by atoms with E-state index in [2.05, 4.69) is 6.58 Å². The molecule has 0 bridgehead atoms. The number of sulfonamides is 1. The first-order chi connectivity index (χ1) is 11.5. The van der Waals surface area contributed by atoms with Crippen LogP contribution in [0.3, 0.4) is 0 Å². The van der Waals surface area contributed by atoms with E-state index in [9.17, 15) is 8.42 Å². The quantitative estimate of drug-likeness (QED) is 0.647. The maximum absolute atomic E-state index is 12.8. The number of rotatable bonds is 5. The highest BCUT2D eigenvalue weighted by Gasteiger charge is 2.30. The summed E-state index contributed by atoms with van der Waals surface area (Å²) in [6, 6.07) is 14.1. The largest absolute Gasteiger partial charge is 0.291 e. The molecule has 5 nitrogen and oxygen atoms in total. The molecule has 0 radical (unpaired) electrons. The van der Waals surface area contributed by atoms with E-state index in [1.807, 2.05) is 23.7 Å². The summed E-state index contributed by atoms with van der Waals surface area (Å²) in [5.41, 5.74) is 4.97. The lowest BCUT2D eigenvalue weighted by molar-refractivity contribution is 0.205. The van der Waals surface area contributed by atoms with E-state index in [0.717, 1.165) is 16.8 Å². The van der Waals surface area contributed by atoms with Gasteiger partial charge in [0.15, 0.2) is 0 Å². The number of anilines is 1. The van der Waals surface area contributed by atoms with Gasteiger partial charge in [0, 0.05) is 6.54 Å². The van der Waals surface area contributed by atoms with E-state index in [0.29, 0.717) is 23.6 Å². The summed E-state index contributed by atoms with van der Waals surface area (Å²) in [7, 11) is -3.54. The van der Waals surface area contributed by atoms with E-state index in [4.69, 9.17) is 5.21 Å². The lowest BCUT2D eigenvalue weighted by Gasteiger charge is -2.19. The van der Waals surface area contributed by atoms with Crippen molar-refractivity contribution in [2.75, 3.05) is 10.8 Å². The van der Waals surface area contributed by atoms with Gasteiger partial charge in [-0.05, 0) is 47.9 Å². The van der Waals surface area contributed by atoms with Crippen molar-refractivity contribution in [2.45, 2.75) is 11.3 Å². The minimum absolute atomic E-state index is 0.298. The molecule has 0 unspecified atom stereocenters. The van der Waals surface area contributed by atoms with Crippen LogP contribution in [0.1, 0.15) is 11.1 Å². The Morgan fingerprint density at radius 2 is 1.96 bits per heavy atom. The van der Waals surface area contributed by atoms with Crippen LogP contribution >= 0.6 is 0 Å². The molecule has 1 aliphatic rings. The first-order valence-electron chi connectivity index (χ1n) is 7.50. The SMILES string of the molecule is C=C(/C=C/c1ccc2c(c1)CCN2S(=O)(=O)c1ccccc1)NO. The van der Waals surface area contributed by atoms with Crippen molar-refractivity contribution in [2.24, 2.45) is 0 Å². The Balaban J connectivity index is 1.91. The van der Waals surface area contributed by atoms with E-state index in [1.165, 1.54) is 4.31 Å². The third-order valence-corrected chi connectivity index (χ3v) is 5.74. The molecule has 3 rings (SSSR count). The molecule has 0 amide bonds. The summed E-state index contributed by atoms with van der Waals surface area (Å²) in [5.74, 6) is 0. The summed E-state index contributed by atoms with van der Waals surface area (Å²) < 4.78 is 27.1. The molecule has 24 heavy (non-hydrogen) atoms. The first-order valence-corrected chi connectivity index (χ1v) is 8.94. The van der Waals surface area contributed by atoms with Gasteiger partial charge < -0.3 is 0 Å². The number of benzene rings is 2. The fourth-order valence-corrected chi connectivity index (χ4v) is 4.22. The van der Waals surface area contributed by atoms with Crippen LogP contribution in [-0.2, 0) is 16.4 Å². The van der Waals surface area contributed by atoms with Crippen LogP contribution in [0.4, 0.5) is 5.69 Å². The minimum Gasteiger partial charge on any atom is -0.291 e. The molecule has 0 aromatic heterocycles. The summed E-state index contributed by atoms with van der Waals surface area (Å²) in [4.78, 5) is 0.298. The Morgan fingerprint density at radius 3 is 2.67 bits per heavy atom. The van der Waals surface area contributed by atoms with Crippen molar-refractivity contribution in [3.05, 3.63) is 78.0 Å². The highest BCUT2D eigenvalue weighted by Crippen LogP contribution is 2.33. The molecule has 0 aliphatic carbocycles. The molecule has 0 atom stereocenters. The van der Waals surface area contributed by atoms with Crippen LogP contribution in [0.2, 0.25) is 0 Å². The zero-order valence-electron chi connectivity index (χ0n) is 13.0. The van der Waals surface area contributed by atoms with Gasteiger partial charge >= 0.3 is 0 Å². The van der Waals surface area contributed by atoms with E-state index in [-0.39, 0.29) is 0 Å². The maximum atomic E-state index is 12.8. The van der Waals surface area contributed by atoms with Crippen LogP contribution in [0.15, 0.2) is 71.8 Å². The predicted octanol–water partition coefficient (Wildman–Crippen LogP) is 2.94. The molecule has 1 aliphatic heterocycles. The Kier molecular flexibility index (Phi) is 4.42. The van der Waals surface area contributed by atoms with Crippen molar-refractivity contribution in [3.8, 4) is 0 Å². The standard InChI is InChI=1S/C18H18N2O3S/c1-14(19-21)7-8-15-9-10-18-16(13-15)11-12-20(18)24(22,23)17-5-3-2-4-6-17/h2-10,13,19,21H,1,11-12H2/b8-7+. The highest BCUT2D eigenvalue weighted by molar-refractivity contribution is 7.92. The molecule has 1 heterocycles. The second-order valence-corrected chi connectivity index (χ2v) is 7.36. The smallest absolute Gasteiger partial charge is 0.264 e. The van der Waals surface area contributed by atoms with Crippen LogP contribution in [-0.4, -0.2) is 20.2 Å². The van der Waals surface area contributed by atoms with Crippen molar-refractivity contribution in [1.29, 1.82) is 0 Å². The minimum atomic E-state index is -3.54. The van der Waals surface area contributed by atoms with Crippen LogP contribution in [0.25, 0.3) is 6.08 Å². The van der Waals surface area contributed by atoms with Crippen molar-refractivity contribution in [3.63, 3.8) is 0 Å². The number of allylic oxidation sites excluding steroid dienone is 1. The molecule has 2 aromatic rings. The first kappa shape index (κ1) is 16.3. The molecule has 2 N–H and O–H groups in total. The molecule has 0 fully saturated rings. The summed E-state index contributed by atoms with van der Waals surface area (Å²) in [5, 5.41) is 8.73. The molecule has 0 spiro atoms. The van der Waals surface area contributed by atoms with Gasteiger partial charge in [-0.15, -0.1) is 0 Å². The second-order valence-electron chi connectivity index (χ2n) is 5.50. The molecule has 124 valence electrons. The zero-order valence-corrected chi connectivity index (χ0v) is 13.8. The second kappa shape index (κ2) is 6.51. The summed E-state index contributed by atoms with van der Waals surface area (Å²) >= 11 is 0. The summed E-state index contributed by atoms with van der Waals surface area (Å²) in [6.07, 6.45) is 4.12. The van der Waals surface area contributed by atoms with Gasteiger partial charge in [-0.2, -0.15) is 0 Å². The number of fused-ring (bicyclic) bond motifs is 1. The van der Waals surface area contributed by atoms with Gasteiger partial charge in [0.05, 0.1) is 16.3 Å². The van der Waals surface area contributed by atoms with Crippen LogP contribution in [0.5, 0.6) is 0 Å². The van der Waals surface area contributed by atoms with Gasteiger partial charge in [-0.3, -0.25) is 15.0 Å². The molecule has 2 aromatic carbocycles. The normalized spacial score (nSPS) is 14.0. The van der Waals surface area contributed by atoms with E-state index < -0.39 is 10.0 Å². The van der Waals surface area contributed by atoms with Gasteiger partial charge in [0.25, 0.3) is 10.0 Å². The molecular formula is C18H18N2O3S. The third kappa shape index (κ3) is 3.06. The Bertz CT molecular complexity index is 890. The van der Waals surface area contributed by atoms with Gasteiger partial charge in [0.1, 0.15) is 0 Å². The Morgan fingerprint density at radius 1 is 1.21 bits per heavy atom. The number of hydrogen-bond acceptors (Lipinski definition) is 4. The average Bonchev–Trinajstić information content (AvgIpc) is 3.04. The van der Waals surface area contributed by atoms with E-state index in [1.54, 1.807) is 42.5 Å². The Labute approximate surface area is 141 Å². The lowest BCUT2D eigenvalue weighted by atomic mass is 10.1. The van der Waals surface area contributed by atoms with Gasteiger partial charge in [-0.25, -0.2) is 8.42 Å². The van der Waals surface area contributed by atoms with Gasteiger partial charge in [0.2, 0.25) is 0 Å². The molecule has 0 saturated carbocycles. The lowest BCUT2D eigenvalue weighted by Crippen LogP contribution is -2.29. The zero-order chi connectivity index (χ0) is 17.2. The van der Waals surface area contributed by atoms with Crippen molar-refractivity contribution >= 4 is 21.8 Å². The van der Waals surface area contributed by atoms with Crippen molar-refractivity contribution < 1.29 is 13.6 Å².